The predicted molar refractivity (Wildman–Crippen MR) is 171 cm³/mol. The van der Waals surface area contributed by atoms with Gasteiger partial charge >= 0.3 is 6.18 Å². The minimum Gasteiger partial charge on any atom is -0.491 e. The second kappa shape index (κ2) is 16.8. The molecule has 3 N–H and O–H groups in total. The first-order valence-electron chi connectivity index (χ1n) is 14.0. The molecule has 234 valence electrons. The molecule has 6 nitrogen and oxygen atoms in total. The fourth-order valence-electron chi connectivity index (χ4n) is 4.39. The van der Waals surface area contributed by atoms with E-state index in [-0.39, 0.29) is 18.7 Å². The minimum atomic E-state index is -4.43. The molecule has 1 fully saturated rings. The monoisotopic (exact) mass is 684 g/mol. The van der Waals surface area contributed by atoms with Gasteiger partial charge in [-0.15, -0.1) is 0 Å². The van der Waals surface area contributed by atoms with Gasteiger partial charge in [-0.05, 0) is 80.6 Å². The first kappa shape index (κ1) is 34.5. The molecule has 1 atom stereocenters. The lowest BCUT2D eigenvalue weighted by atomic mass is 10.1. The van der Waals surface area contributed by atoms with E-state index in [1.54, 1.807) is 30.2 Å². The van der Waals surface area contributed by atoms with Crippen LogP contribution in [0.15, 0.2) is 71.9 Å². The van der Waals surface area contributed by atoms with Crippen molar-refractivity contribution in [3.8, 4) is 0 Å². The van der Waals surface area contributed by atoms with Gasteiger partial charge in [-0.2, -0.15) is 13.2 Å². The molecule has 0 radical (unpaired) electrons. The molecule has 0 bridgehead atoms. The van der Waals surface area contributed by atoms with E-state index in [0.29, 0.717) is 53.2 Å². The summed E-state index contributed by atoms with van der Waals surface area (Å²) in [4.78, 5) is 13.5. The zero-order chi connectivity index (χ0) is 31.4. The molecule has 0 unspecified atom stereocenters. The van der Waals surface area contributed by atoms with Crippen LogP contribution in [0.4, 0.5) is 28.9 Å². The number of allylic oxidation sites excluding steroid dienone is 3. The molecule has 2 aromatic carbocycles. The van der Waals surface area contributed by atoms with Crippen LogP contribution < -0.4 is 20.3 Å². The lowest BCUT2D eigenvalue weighted by molar-refractivity contribution is -0.137. The number of halogens is 5. The topological polar surface area (TPSA) is 65.6 Å². The molecule has 2 aromatic rings. The Bertz CT molecular complexity index is 1300. The third kappa shape index (κ3) is 10.9. The van der Waals surface area contributed by atoms with Crippen LogP contribution in [0.5, 0.6) is 0 Å². The Kier molecular flexibility index (Phi) is 13.5. The average molecular weight is 686 g/mol. The van der Waals surface area contributed by atoms with Crippen LogP contribution >= 0.6 is 27.9 Å². The molecular weight excluding hydrogens is 648 g/mol. The van der Waals surface area contributed by atoms with Crippen LogP contribution in [-0.4, -0.2) is 43.9 Å². The zero-order valence-corrected chi connectivity index (χ0v) is 26.4. The third-order valence-electron chi connectivity index (χ3n) is 6.49. The highest BCUT2D eigenvalue weighted by atomic mass is 79.9. The van der Waals surface area contributed by atoms with Gasteiger partial charge in [0.15, 0.2) is 5.82 Å². The maximum atomic E-state index is 15.8. The fourth-order valence-corrected chi connectivity index (χ4v) is 5.70. The normalized spacial score (nSPS) is 14.7. The molecular formula is C31H37BrF4N4O2S. The number of alkyl halides is 3. The van der Waals surface area contributed by atoms with E-state index in [1.807, 2.05) is 11.2 Å². The SMILES string of the molecule is C=C/C(=C\C(=C)Br)OC[C@@H](CCNCc1cccc(C(F)(F)F)c1)NC(=O)c1cc(NCC)cc(N2CCCCS2)c1F. The molecule has 12 heteroatoms. The number of nitrogens with zero attached hydrogens (tertiary/aromatic N) is 1. The summed E-state index contributed by atoms with van der Waals surface area (Å²) in [7, 11) is 0. The second-order valence-electron chi connectivity index (χ2n) is 9.87. The van der Waals surface area contributed by atoms with E-state index < -0.39 is 29.5 Å². The van der Waals surface area contributed by atoms with Crippen LogP contribution in [0.3, 0.4) is 0 Å². The summed E-state index contributed by atoms with van der Waals surface area (Å²) in [6.45, 7) is 11.3. The van der Waals surface area contributed by atoms with Crippen LogP contribution in [0, 0.1) is 5.82 Å². The van der Waals surface area contributed by atoms with E-state index >= 15 is 4.39 Å². The van der Waals surface area contributed by atoms with E-state index in [0.717, 1.165) is 30.7 Å². The summed E-state index contributed by atoms with van der Waals surface area (Å²) in [5, 5.41) is 9.20. The van der Waals surface area contributed by atoms with Gasteiger partial charge in [0.25, 0.3) is 5.91 Å². The van der Waals surface area contributed by atoms with E-state index in [4.69, 9.17) is 4.74 Å². The van der Waals surface area contributed by atoms with Crippen LogP contribution in [0.25, 0.3) is 0 Å². The largest absolute Gasteiger partial charge is 0.491 e. The third-order valence-corrected chi connectivity index (χ3v) is 7.88. The van der Waals surface area contributed by atoms with Gasteiger partial charge in [-0.25, -0.2) is 4.39 Å². The Morgan fingerprint density at radius 3 is 2.70 bits per heavy atom. The number of hydrogen-bond donors (Lipinski definition) is 3. The molecule has 1 saturated heterocycles. The van der Waals surface area contributed by atoms with Gasteiger partial charge in [0.2, 0.25) is 0 Å². The number of anilines is 2. The van der Waals surface area contributed by atoms with Crippen LogP contribution in [0.1, 0.15) is 47.7 Å². The van der Waals surface area contributed by atoms with Crippen molar-refractivity contribution in [3.05, 3.63) is 94.5 Å². The maximum absolute atomic E-state index is 15.8. The number of carbonyl (C=O) groups is 1. The quantitative estimate of drug-likeness (QED) is 0.0585. The van der Waals surface area contributed by atoms with Crippen LogP contribution in [0.2, 0.25) is 0 Å². The van der Waals surface area contributed by atoms with Gasteiger partial charge in [0, 0.05) is 35.6 Å². The maximum Gasteiger partial charge on any atom is 0.416 e. The summed E-state index contributed by atoms with van der Waals surface area (Å²) in [6, 6.07) is 7.76. The number of hydrogen-bond acceptors (Lipinski definition) is 6. The number of rotatable bonds is 15. The van der Waals surface area contributed by atoms with E-state index in [1.165, 1.54) is 18.2 Å². The molecule has 0 saturated carbocycles. The lowest BCUT2D eigenvalue weighted by Crippen LogP contribution is -2.40. The zero-order valence-electron chi connectivity index (χ0n) is 24.0. The first-order chi connectivity index (χ1) is 20.5. The number of nitrogens with one attached hydrogen (secondary N) is 3. The second-order valence-corrected chi connectivity index (χ2v) is 12.0. The smallest absolute Gasteiger partial charge is 0.416 e. The van der Waals surface area contributed by atoms with Gasteiger partial charge in [0.1, 0.15) is 12.4 Å². The molecule has 1 aliphatic heterocycles. The average Bonchev–Trinajstić information content (AvgIpc) is 2.98. The molecule has 1 amide bonds. The standard InChI is InChI=1S/C31H37BrF4N4O2S/c1-4-26(15-21(3)32)42-20-24(11-12-37-19-22-9-8-10-23(16-22)31(34,35)36)39-30(41)27-17-25(38-5-2)18-28(29(27)33)40-13-6-7-14-43-40/h4,8-10,15-18,24,37-38H,1,3,5-7,11-14,19-20H2,2H3,(H,39,41)/b26-15+/t24-/m1/s1. The molecule has 43 heavy (non-hydrogen) atoms. The van der Waals surface area contributed by atoms with Crippen molar-refractivity contribution in [2.24, 2.45) is 0 Å². The predicted octanol–water partition coefficient (Wildman–Crippen LogP) is 7.80. The molecule has 1 aliphatic rings. The Morgan fingerprint density at radius 1 is 1.26 bits per heavy atom. The summed E-state index contributed by atoms with van der Waals surface area (Å²) in [5.41, 5.74) is 0.668. The highest BCUT2D eigenvalue weighted by molar-refractivity contribution is 9.11. The van der Waals surface area contributed by atoms with Crippen molar-refractivity contribution >= 4 is 45.2 Å². The van der Waals surface area contributed by atoms with Crippen molar-refractivity contribution in [1.29, 1.82) is 0 Å². The van der Waals surface area contributed by atoms with Gasteiger partial charge in [-0.3, -0.25) is 4.79 Å². The Hall–Kier alpha value is -2.96. The van der Waals surface area contributed by atoms with Crippen molar-refractivity contribution in [3.63, 3.8) is 0 Å². The Balaban J connectivity index is 1.76. The number of amides is 1. The number of carbonyl (C=O) groups excluding carboxylic acids is 1. The van der Waals surface area contributed by atoms with Crippen LogP contribution in [-0.2, 0) is 17.5 Å². The highest BCUT2D eigenvalue weighted by Gasteiger charge is 2.30. The fraction of sp³-hybridized carbons (Fsp3) is 0.387. The minimum absolute atomic E-state index is 0.0401. The molecule has 0 spiro atoms. The number of benzene rings is 2. The molecule has 1 heterocycles. The Labute approximate surface area is 263 Å². The summed E-state index contributed by atoms with van der Waals surface area (Å²) < 4.78 is 63.3. The highest BCUT2D eigenvalue weighted by Crippen LogP contribution is 2.34. The molecule has 3 rings (SSSR count). The summed E-state index contributed by atoms with van der Waals surface area (Å²) >= 11 is 4.79. The number of ether oxygens (including phenoxy) is 1. The van der Waals surface area contributed by atoms with Gasteiger partial charge in [-0.1, -0.05) is 47.3 Å². The lowest BCUT2D eigenvalue weighted by Gasteiger charge is -2.29. The van der Waals surface area contributed by atoms with E-state index in [9.17, 15) is 18.0 Å². The Morgan fingerprint density at radius 2 is 2.05 bits per heavy atom. The summed E-state index contributed by atoms with van der Waals surface area (Å²) in [5.74, 6) is 0.0983. The van der Waals surface area contributed by atoms with Crippen molar-refractivity contribution in [2.45, 2.75) is 44.9 Å². The first-order valence-corrected chi connectivity index (χ1v) is 15.7. The van der Waals surface area contributed by atoms with Crippen molar-refractivity contribution in [2.75, 3.05) is 41.6 Å². The molecule has 0 aliphatic carbocycles. The van der Waals surface area contributed by atoms with Crippen molar-refractivity contribution in [1.82, 2.24) is 10.6 Å². The van der Waals surface area contributed by atoms with E-state index in [2.05, 4.69) is 45.0 Å². The van der Waals surface area contributed by atoms with Crippen molar-refractivity contribution < 1.29 is 27.1 Å². The van der Waals surface area contributed by atoms with Gasteiger partial charge < -0.3 is 25.0 Å². The molecule has 0 aromatic heterocycles. The van der Waals surface area contributed by atoms with Gasteiger partial charge in [0.05, 0.1) is 22.9 Å². The summed E-state index contributed by atoms with van der Waals surface area (Å²) in [6.07, 6.45) is 1.04.